The molecule has 2 nitrogen and oxygen atoms in total. The van der Waals surface area contributed by atoms with E-state index in [0.29, 0.717) is 16.8 Å². The molecule has 0 aliphatic carbocycles. The fourth-order valence-electron chi connectivity index (χ4n) is 2.28. The molecule has 0 aliphatic heterocycles. The Balaban J connectivity index is 1.97. The molecule has 0 radical (unpaired) electrons. The molecule has 0 bridgehead atoms. The van der Waals surface area contributed by atoms with Gasteiger partial charge in [-0.3, -0.25) is 4.79 Å². The summed E-state index contributed by atoms with van der Waals surface area (Å²) < 4.78 is 36.4. The highest BCUT2D eigenvalue weighted by Gasteiger charge is 2.21. The van der Waals surface area contributed by atoms with Crippen molar-refractivity contribution in [2.45, 2.75) is 32.4 Å². The number of amides is 1. The number of unbranched alkanes of at least 4 members (excludes halogenated alkanes) is 1. The molecule has 2 aromatic rings. The first-order valence-corrected chi connectivity index (χ1v) is 8.14. The Morgan fingerprint density at radius 2 is 1.68 bits per heavy atom. The lowest BCUT2D eigenvalue weighted by Gasteiger charge is -2.07. The summed E-state index contributed by atoms with van der Waals surface area (Å²) in [5.74, 6) is -0.298. The van der Waals surface area contributed by atoms with E-state index in [-0.39, 0.29) is 12.0 Å². The standard InChI is InChI=1S/C20H20F3NO/c1-2-3-4-15-7-11-18(12-8-15)24-19(25)17-9-5-16(6-10-17)13-14-20(21,22)23/h5-14H,2-4H2,1H3,(H,24,25). The fraction of sp³-hybridized carbons (Fsp3) is 0.250. The lowest BCUT2D eigenvalue weighted by molar-refractivity contribution is -0.0790. The van der Waals surface area contributed by atoms with Crippen molar-refractivity contribution in [2.24, 2.45) is 0 Å². The van der Waals surface area contributed by atoms with E-state index in [1.807, 2.05) is 24.3 Å². The second kappa shape index (κ2) is 8.51. The first-order valence-electron chi connectivity index (χ1n) is 8.14. The molecule has 0 saturated carbocycles. The van der Waals surface area contributed by atoms with Gasteiger partial charge in [0.25, 0.3) is 5.91 Å². The molecular formula is C20H20F3NO. The number of aryl methyl sites for hydroxylation is 1. The highest BCUT2D eigenvalue weighted by Crippen LogP contribution is 2.19. The quantitative estimate of drug-likeness (QED) is 0.697. The molecule has 0 spiro atoms. The molecule has 0 atom stereocenters. The van der Waals surface area contributed by atoms with E-state index >= 15 is 0 Å². The predicted octanol–water partition coefficient (Wildman–Crippen LogP) is 5.86. The molecule has 0 unspecified atom stereocenters. The average molecular weight is 347 g/mol. The zero-order valence-electron chi connectivity index (χ0n) is 13.9. The molecule has 2 aromatic carbocycles. The molecule has 25 heavy (non-hydrogen) atoms. The van der Waals surface area contributed by atoms with Crippen LogP contribution in [0.5, 0.6) is 0 Å². The Labute approximate surface area is 145 Å². The van der Waals surface area contributed by atoms with Gasteiger partial charge in [-0.1, -0.05) is 43.7 Å². The van der Waals surface area contributed by atoms with Crippen molar-refractivity contribution in [3.63, 3.8) is 0 Å². The third-order valence-electron chi connectivity index (χ3n) is 3.67. The summed E-state index contributed by atoms with van der Waals surface area (Å²) in [6.07, 6.45) is 0.0589. The molecule has 0 heterocycles. The topological polar surface area (TPSA) is 29.1 Å². The lowest BCUT2D eigenvalue weighted by atomic mass is 10.1. The van der Waals surface area contributed by atoms with Crippen LogP contribution in [0.2, 0.25) is 0 Å². The summed E-state index contributed by atoms with van der Waals surface area (Å²) in [7, 11) is 0. The Morgan fingerprint density at radius 1 is 1.04 bits per heavy atom. The van der Waals surface area contributed by atoms with Crippen molar-refractivity contribution >= 4 is 17.7 Å². The van der Waals surface area contributed by atoms with Gasteiger partial charge in [-0.25, -0.2) is 0 Å². The molecular weight excluding hydrogens is 327 g/mol. The van der Waals surface area contributed by atoms with Crippen molar-refractivity contribution < 1.29 is 18.0 Å². The van der Waals surface area contributed by atoms with Crippen LogP contribution in [0.4, 0.5) is 18.9 Å². The number of alkyl halides is 3. The zero-order chi connectivity index (χ0) is 18.3. The number of hydrogen-bond acceptors (Lipinski definition) is 1. The maximum absolute atomic E-state index is 12.2. The third kappa shape index (κ3) is 6.45. The van der Waals surface area contributed by atoms with Crippen LogP contribution in [0.25, 0.3) is 6.08 Å². The van der Waals surface area contributed by atoms with Crippen LogP contribution in [0.1, 0.15) is 41.3 Å². The van der Waals surface area contributed by atoms with Crippen molar-refractivity contribution in [1.29, 1.82) is 0 Å². The SMILES string of the molecule is CCCCc1ccc(NC(=O)c2ccc(C=CC(F)(F)F)cc2)cc1. The summed E-state index contributed by atoms with van der Waals surface area (Å²) in [5, 5.41) is 2.78. The number of carbonyl (C=O) groups excluding carboxylic acids is 1. The maximum Gasteiger partial charge on any atom is 0.409 e. The summed E-state index contributed by atoms with van der Waals surface area (Å²) in [4.78, 5) is 12.2. The summed E-state index contributed by atoms with van der Waals surface area (Å²) >= 11 is 0. The second-order valence-corrected chi connectivity index (χ2v) is 5.75. The number of nitrogens with one attached hydrogen (secondary N) is 1. The number of carbonyl (C=O) groups is 1. The minimum atomic E-state index is -4.35. The maximum atomic E-state index is 12.2. The van der Waals surface area contributed by atoms with Gasteiger partial charge in [0.05, 0.1) is 0 Å². The summed E-state index contributed by atoms with van der Waals surface area (Å²) in [5.41, 5.74) is 2.68. The van der Waals surface area contributed by atoms with E-state index in [0.717, 1.165) is 25.3 Å². The number of halogens is 3. The van der Waals surface area contributed by atoms with E-state index in [1.165, 1.54) is 29.8 Å². The van der Waals surface area contributed by atoms with Crippen LogP contribution in [0.3, 0.4) is 0 Å². The van der Waals surface area contributed by atoms with Gasteiger partial charge in [-0.05, 0) is 48.2 Å². The van der Waals surface area contributed by atoms with Crippen molar-refractivity contribution in [2.75, 3.05) is 5.32 Å². The Hall–Kier alpha value is -2.56. The molecule has 1 N–H and O–H groups in total. The van der Waals surface area contributed by atoms with E-state index < -0.39 is 6.18 Å². The van der Waals surface area contributed by atoms with Crippen LogP contribution in [-0.4, -0.2) is 12.1 Å². The van der Waals surface area contributed by atoms with Crippen molar-refractivity contribution in [1.82, 2.24) is 0 Å². The van der Waals surface area contributed by atoms with Gasteiger partial charge >= 0.3 is 6.18 Å². The smallest absolute Gasteiger partial charge is 0.322 e. The van der Waals surface area contributed by atoms with Gasteiger partial charge in [0.15, 0.2) is 0 Å². The highest BCUT2D eigenvalue weighted by atomic mass is 19.4. The first kappa shape index (κ1) is 18.8. The van der Waals surface area contributed by atoms with Gasteiger partial charge < -0.3 is 5.32 Å². The van der Waals surface area contributed by atoms with Crippen LogP contribution >= 0.6 is 0 Å². The van der Waals surface area contributed by atoms with Crippen molar-refractivity contribution in [3.05, 3.63) is 71.3 Å². The molecule has 0 aliphatic rings. The van der Waals surface area contributed by atoms with Crippen LogP contribution in [-0.2, 0) is 6.42 Å². The van der Waals surface area contributed by atoms with Crippen molar-refractivity contribution in [3.8, 4) is 0 Å². The first-order chi connectivity index (χ1) is 11.9. The Kier molecular flexibility index (Phi) is 6.39. The molecule has 2 rings (SSSR count). The van der Waals surface area contributed by atoms with Gasteiger partial charge in [-0.15, -0.1) is 0 Å². The molecule has 0 saturated heterocycles. The molecule has 0 aromatic heterocycles. The van der Waals surface area contributed by atoms with Gasteiger partial charge in [0.1, 0.15) is 0 Å². The molecule has 5 heteroatoms. The summed E-state index contributed by atoms with van der Waals surface area (Å²) in [6.45, 7) is 2.14. The van der Waals surface area contributed by atoms with E-state index in [1.54, 1.807) is 0 Å². The van der Waals surface area contributed by atoms with Gasteiger partial charge in [0, 0.05) is 17.3 Å². The molecule has 1 amide bonds. The van der Waals surface area contributed by atoms with E-state index in [9.17, 15) is 18.0 Å². The van der Waals surface area contributed by atoms with Crippen LogP contribution < -0.4 is 5.32 Å². The Morgan fingerprint density at radius 3 is 2.24 bits per heavy atom. The number of hydrogen-bond donors (Lipinski definition) is 1. The number of allylic oxidation sites excluding steroid dienone is 1. The third-order valence-corrected chi connectivity index (χ3v) is 3.67. The largest absolute Gasteiger partial charge is 0.409 e. The second-order valence-electron chi connectivity index (χ2n) is 5.75. The number of benzene rings is 2. The Bertz CT molecular complexity index is 716. The minimum Gasteiger partial charge on any atom is -0.322 e. The van der Waals surface area contributed by atoms with Gasteiger partial charge in [-0.2, -0.15) is 13.2 Å². The number of anilines is 1. The number of rotatable bonds is 6. The minimum absolute atomic E-state index is 0.169. The highest BCUT2D eigenvalue weighted by molar-refractivity contribution is 6.04. The van der Waals surface area contributed by atoms with Gasteiger partial charge in [0.2, 0.25) is 0 Å². The van der Waals surface area contributed by atoms with E-state index in [2.05, 4.69) is 12.2 Å². The fourth-order valence-corrected chi connectivity index (χ4v) is 2.28. The summed E-state index contributed by atoms with van der Waals surface area (Å²) in [6, 6.07) is 13.6. The zero-order valence-corrected chi connectivity index (χ0v) is 13.9. The average Bonchev–Trinajstić information content (AvgIpc) is 2.59. The normalized spacial score (nSPS) is 11.7. The predicted molar refractivity (Wildman–Crippen MR) is 94.5 cm³/mol. The molecule has 132 valence electrons. The lowest BCUT2D eigenvalue weighted by Crippen LogP contribution is -2.11. The molecule has 0 fully saturated rings. The monoisotopic (exact) mass is 347 g/mol. The van der Waals surface area contributed by atoms with Crippen LogP contribution in [0, 0.1) is 0 Å². The van der Waals surface area contributed by atoms with Crippen LogP contribution in [0.15, 0.2) is 54.6 Å². The van der Waals surface area contributed by atoms with E-state index in [4.69, 9.17) is 0 Å².